The molecule has 3 heterocycles. The van der Waals surface area contributed by atoms with Gasteiger partial charge >= 0.3 is 0 Å². The van der Waals surface area contributed by atoms with Crippen LogP contribution in [0.15, 0.2) is 39.4 Å². The molecule has 1 saturated heterocycles. The van der Waals surface area contributed by atoms with Crippen molar-refractivity contribution in [1.82, 2.24) is 25.2 Å². The molecule has 0 N–H and O–H groups in total. The maximum Gasteiger partial charge on any atom is 0.244 e. The van der Waals surface area contributed by atoms with Crippen molar-refractivity contribution in [2.24, 2.45) is 0 Å². The summed E-state index contributed by atoms with van der Waals surface area (Å²) >= 11 is 1.68. The molecule has 3 aromatic rings. The van der Waals surface area contributed by atoms with Crippen LogP contribution in [0.1, 0.15) is 36.5 Å². The fraction of sp³-hybridized carbons (Fsp3) is 0.412. The van der Waals surface area contributed by atoms with Gasteiger partial charge in [0.05, 0.1) is 18.3 Å². The van der Waals surface area contributed by atoms with Gasteiger partial charge in [-0.25, -0.2) is 0 Å². The molecule has 4 rings (SSSR count). The van der Waals surface area contributed by atoms with Gasteiger partial charge in [-0.15, -0.1) is 0 Å². The van der Waals surface area contributed by atoms with E-state index >= 15 is 0 Å². The maximum atomic E-state index is 5.54. The third-order valence-corrected chi connectivity index (χ3v) is 4.79. The van der Waals surface area contributed by atoms with Crippen LogP contribution in [-0.2, 0) is 12.3 Å². The lowest BCUT2D eigenvalue weighted by Gasteiger charge is -2.18. The molecular formula is C17H19N5O2S. The molecule has 0 amide bonds. The van der Waals surface area contributed by atoms with Gasteiger partial charge in [-0.05, 0) is 25.6 Å². The molecule has 0 saturated carbocycles. The van der Waals surface area contributed by atoms with Crippen LogP contribution in [0.2, 0.25) is 0 Å². The van der Waals surface area contributed by atoms with Crippen LogP contribution < -0.4 is 0 Å². The topological polar surface area (TPSA) is 81.1 Å². The van der Waals surface area contributed by atoms with Gasteiger partial charge < -0.3 is 9.05 Å². The first-order valence-corrected chi connectivity index (χ1v) is 9.66. The number of hydrogen-bond donors (Lipinski definition) is 0. The van der Waals surface area contributed by atoms with Crippen LogP contribution in [0.25, 0.3) is 11.4 Å². The quantitative estimate of drug-likeness (QED) is 0.664. The highest BCUT2D eigenvalue weighted by Gasteiger charge is 2.32. The molecule has 0 bridgehead atoms. The third kappa shape index (κ3) is 3.59. The average Bonchev–Trinajstić information content (AvgIpc) is 3.37. The SMILES string of the molecule is CSCc1noc(CN2CCC[C@@H]2c2nc(-c3ccccc3)no2)n1. The lowest BCUT2D eigenvalue weighted by molar-refractivity contribution is 0.179. The zero-order valence-corrected chi connectivity index (χ0v) is 14.8. The second kappa shape index (κ2) is 7.37. The fourth-order valence-electron chi connectivity index (χ4n) is 3.09. The first-order valence-electron chi connectivity index (χ1n) is 8.27. The van der Waals surface area contributed by atoms with Crippen molar-refractivity contribution in [2.45, 2.75) is 31.2 Å². The van der Waals surface area contributed by atoms with Crippen LogP contribution in [0.4, 0.5) is 0 Å². The van der Waals surface area contributed by atoms with Crippen molar-refractivity contribution < 1.29 is 9.05 Å². The predicted octanol–water partition coefficient (Wildman–Crippen LogP) is 3.32. The monoisotopic (exact) mass is 357 g/mol. The standard InChI is InChI=1S/C17H19N5O2S/c1-25-11-14-18-15(23-20-14)10-22-9-5-8-13(22)17-19-16(21-24-17)12-6-3-2-4-7-12/h2-4,6-7,13H,5,8-11H2,1H3/t13-/m1/s1. The third-order valence-electron chi connectivity index (χ3n) is 4.24. The van der Waals surface area contributed by atoms with E-state index in [2.05, 4.69) is 25.2 Å². The molecule has 2 aromatic heterocycles. The smallest absolute Gasteiger partial charge is 0.244 e. The molecule has 1 fully saturated rings. The molecule has 1 atom stereocenters. The zero-order chi connectivity index (χ0) is 17.1. The Morgan fingerprint density at radius 1 is 1.16 bits per heavy atom. The average molecular weight is 357 g/mol. The Morgan fingerprint density at radius 2 is 2.04 bits per heavy atom. The van der Waals surface area contributed by atoms with E-state index in [9.17, 15) is 0 Å². The van der Waals surface area contributed by atoms with Gasteiger partial charge in [0.25, 0.3) is 0 Å². The van der Waals surface area contributed by atoms with E-state index in [1.807, 2.05) is 36.6 Å². The highest BCUT2D eigenvalue weighted by atomic mass is 32.2. The lowest BCUT2D eigenvalue weighted by Crippen LogP contribution is -2.23. The van der Waals surface area contributed by atoms with E-state index < -0.39 is 0 Å². The van der Waals surface area contributed by atoms with E-state index in [0.29, 0.717) is 24.2 Å². The minimum atomic E-state index is 0.0980. The van der Waals surface area contributed by atoms with Gasteiger partial charge in [0.2, 0.25) is 17.6 Å². The Bertz CT molecular complexity index is 819. The zero-order valence-electron chi connectivity index (χ0n) is 14.0. The summed E-state index contributed by atoms with van der Waals surface area (Å²) in [5.41, 5.74) is 0.959. The second-order valence-electron chi connectivity index (χ2n) is 5.99. The Hall–Kier alpha value is -2.19. The Kier molecular flexibility index (Phi) is 4.80. The van der Waals surface area contributed by atoms with E-state index in [1.165, 1.54) is 0 Å². The summed E-state index contributed by atoms with van der Waals surface area (Å²) in [4.78, 5) is 11.3. The van der Waals surface area contributed by atoms with Crippen LogP contribution in [0.3, 0.4) is 0 Å². The number of thioether (sulfide) groups is 1. The Morgan fingerprint density at radius 3 is 2.88 bits per heavy atom. The molecular weight excluding hydrogens is 338 g/mol. The van der Waals surface area contributed by atoms with Crippen molar-refractivity contribution in [2.75, 3.05) is 12.8 Å². The van der Waals surface area contributed by atoms with Gasteiger partial charge in [0.1, 0.15) is 0 Å². The number of likely N-dealkylation sites (tertiary alicyclic amines) is 1. The van der Waals surface area contributed by atoms with E-state index in [4.69, 9.17) is 9.05 Å². The largest absolute Gasteiger partial charge is 0.338 e. The summed E-state index contributed by atoms with van der Waals surface area (Å²) in [6.45, 7) is 1.56. The van der Waals surface area contributed by atoms with Crippen LogP contribution >= 0.6 is 11.8 Å². The van der Waals surface area contributed by atoms with Crippen LogP contribution in [0.5, 0.6) is 0 Å². The van der Waals surface area contributed by atoms with E-state index in [1.54, 1.807) is 11.8 Å². The molecule has 7 nitrogen and oxygen atoms in total. The highest BCUT2D eigenvalue weighted by Crippen LogP contribution is 2.33. The molecule has 8 heteroatoms. The van der Waals surface area contributed by atoms with Crippen molar-refractivity contribution >= 4 is 11.8 Å². The molecule has 0 unspecified atom stereocenters. The summed E-state index contributed by atoms with van der Waals surface area (Å²) in [5, 5.41) is 8.14. The van der Waals surface area contributed by atoms with Crippen molar-refractivity contribution in [3.8, 4) is 11.4 Å². The molecule has 1 aromatic carbocycles. The summed E-state index contributed by atoms with van der Waals surface area (Å²) in [7, 11) is 0. The first-order chi connectivity index (χ1) is 12.3. The molecule has 0 spiro atoms. The molecule has 0 radical (unpaired) electrons. The first kappa shape index (κ1) is 16.3. The van der Waals surface area contributed by atoms with E-state index in [-0.39, 0.29) is 6.04 Å². The molecule has 0 aliphatic carbocycles. The number of benzene rings is 1. The molecule has 130 valence electrons. The number of hydrogen-bond acceptors (Lipinski definition) is 8. The Labute approximate surface area is 149 Å². The van der Waals surface area contributed by atoms with Gasteiger partial charge in [0.15, 0.2) is 5.82 Å². The summed E-state index contributed by atoms with van der Waals surface area (Å²) in [6, 6.07) is 9.96. The predicted molar refractivity (Wildman–Crippen MR) is 93.6 cm³/mol. The number of nitrogens with zero attached hydrogens (tertiary/aromatic N) is 5. The maximum absolute atomic E-state index is 5.54. The normalized spacial score (nSPS) is 18.0. The Balaban J connectivity index is 1.48. The van der Waals surface area contributed by atoms with Crippen molar-refractivity contribution in [1.29, 1.82) is 0 Å². The molecule has 25 heavy (non-hydrogen) atoms. The van der Waals surface area contributed by atoms with Crippen molar-refractivity contribution in [3.05, 3.63) is 47.9 Å². The van der Waals surface area contributed by atoms with Crippen LogP contribution in [-0.4, -0.2) is 38.0 Å². The minimum absolute atomic E-state index is 0.0980. The fourth-order valence-corrected chi connectivity index (χ4v) is 3.46. The second-order valence-corrected chi connectivity index (χ2v) is 6.85. The summed E-state index contributed by atoms with van der Waals surface area (Å²) < 4.78 is 10.9. The van der Waals surface area contributed by atoms with Gasteiger partial charge in [0, 0.05) is 5.56 Å². The minimum Gasteiger partial charge on any atom is -0.338 e. The molecule has 1 aliphatic heterocycles. The summed E-state index contributed by atoms with van der Waals surface area (Å²) in [5.74, 6) is 3.42. The highest BCUT2D eigenvalue weighted by molar-refractivity contribution is 7.97. The number of rotatable bonds is 6. The summed E-state index contributed by atoms with van der Waals surface area (Å²) in [6.07, 6.45) is 4.09. The number of aromatic nitrogens is 4. The lowest BCUT2D eigenvalue weighted by atomic mass is 10.2. The van der Waals surface area contributed by atoms with Gasteiger partial charge in [-0.1, -0.05) is 40.6 Å². The van der Waals surface area contributed by atoms with E-state index in [0.717, 1.165) is 36.5 Å². The van der Waals surface area contributed by atoms with Crippen molar-refractivity contribution in [3.63, 3.8) is 0 Å². The van der Waals surface area contributed by atoms with Gasteiger partial charge in [-0.2, -0.15) is 21.7 Å². The molecule has 1 aliphatic rings. The van der Waals surface area contributed by atoms with Gasteiger partial charge in [-0.3, -0.25) is 4.90 Å². The van der Waals surface area contributed by atoms with Crippen LogP contribution in [0, 0.1) is 0 Å².